The standard InChI is InChI=1S/C19H18ClN3O3/c1-3-12(2)22-17-9-8-13(23(25)26)10-15(17)19(21-11-18(22)24)14-6-4-5-7-16(14)20/h4-10,12H,3,11H2,1-2H3. The summed E-state index contributed by atoms with van der Waals surface area (Å²) in [5.41, 5.74) is 2.25. The van der Waals surface area contributed by atoms with E-state index in [1.165, 1.54) is 12.1 Å². The van der Waals surface area contributed by atoms with Gasteiger partial charge >= 0.3 is 0 Å². The summed E-state index contributed by atoms with van der Waals surface area (Å²) in [7, 11) is 0. The summed E-state index contributed by atoms with van der Waals surface area (Å²) in [6.45, 7) is 3.90. The molecule has 0 spiro atoms. The number of nitro benzene ring substituents is 1. The molecule has 0 aromatic heterocycles. The number of nitrogens with zero attached hydrogens (tertiary/aromatic N) is 3. The van der Waals surface area contributed by atoms with Crippen LogP contribution in [0.5, 0.6) is 0 Å². The Morgan fingerprint density at radius 3 is 2.65 bits per heavy atom. The summed E-state index contributed by atoms with van der Waals surface area (Å²) in [6.07, 6.45) is 0.754. The molecule has 0 radical (unpaired) electrons. The zero-order chi connectivity index (χ0) is 18.8. The first-order chi connectivity index (χ1) is 12.4. The van der Waals surface area contributed by atoms with E-state index in [1.54, 1.807) is 29.2 Å². The second-order valence-corrected chi connectivity index (χ2v) is 6.53. The van der Waals surface area contributed by atoms with E-state index in [4.69, 9.17) is 11.6 Å². The molecule has 2 aromatic rings. The maximum Gasteiger partial charge on any atom is 0.270 e. The van der Waals surface area contributed by atoms with E-state index in [9.17, 15) is 14.9 Å². The van der Waals surface area contributed by atoms with Gasteiger partial charge in [0.25, 0.3) is 5.69 Å². The highest BCUT2D eigenvalue weighted by atomic mass is 35.5. The summed E-state index contributed by atoms with van der Waals surface area (Å²) < 4.78 is 0. The molecule has 1 unspecified atom stereocenters. The first kappa shape index (κ1) is 18.1. The number of hydrogen-bond acceptors (Lipinski definition) is 4. The Morgan fingerprint density at radius 2 is 2.00 bits per heavy atom. The molecule has 2 aromatic carbocycles. The van der Waals surface area contributed by atoms with Gasteiger partial charge in [-0.25, -0.2) is 0 Å². The smallest absolute Gasteiger partial charge is 0.270 e. The monoisotopic (exact) mass is 371 g/mol. The van der Waals surface area contributed by atoms with Crippen molar-refractivity contribution < 1.29 is 9.72 Å². The van der Waals surface area contributed by atoms with Crippen LogP contribution < -0.4 is 4.90 Å². The van der Waals surface area contributed by atoms with Crippen LogP contribution in [0.3, 0.4) is 0 Å². The molecule has 6 nitrogen and oxygen atoms in total. The van der Waals surface area contributed by atoms with Gasteiger partial charge in [-0.05, 0) is 25.5 Å². The predicted octanol–water partition coefficient (Wildman–Crippen LogP) is 4.23. The van der Waals surface area contributed by atoms with Gasteiger partial charge in [-0.15, -0.1) is 0 Å². The minimum Gasteiger partial charge on any atom is -0.307 e. The molecule has 0 N–H and O–H groups in total. The molecule has 0 saturated heterocycles. The Bertz CT molecular complexity index is 911. The average Bonchev–Trinajstić information content (AvgIpc) is 2.77. The van der Waals surface area contributed by atoms with Crippen molar-refractivity contribution in [2.24, 2.45) is 4.99 Å². The summed E-state index contributed by atoms with van der Waals surface area (Å²) in [6, 6.07) is 11.6. The third kappa shape index (κ3) is 3.20. The van der Waals surface area contributed by atoms with E-state index in [0.29, 0.717) is 27.5 Å². The number of nitro groups is 1. The number of non-ortho nitro benzene ring substituents is 1. The number of carbonyl (C=O) groups excluding carboxylic acids is 1. The van der Waals surface area contributed by atoms with Crippen LogP contribution in [0.25, 0.3) is 0 Å². The van der Waals surface area contributed by atoms with Crippen molar-refractivity contribution in [3.63, 3.8) is 0 Å². The minimum atomic E-state index is -0.454. The van der Waals surface area contributed by atoms with Crippen LogP contribution in [0.1, 0.15) is 31.4 Å². The van der Waals surface area contributed by atoms with Crippen molar-refractivity contribution in [2.45, 2.75) is 26.3 Å². The van der Waals surface area contributed by atoms with E-state index in [2.05, 4.69) is 4.99 Å². The second-order valence-electron chi connectivity index (χ2n) is 6.12. The van der Waals surface area contributed by atoms with Gasteiger partial charge in [0.2, 0.25) is 5.91 Å². The number of aliphatic imine (C=N–C) groups is 1. The molecular weight excluding hydrogens is 354 g/mol. The molecule has 0 aliphatic carbocycles. The summed E-state index contributed by atoms with van der Waals surface area (Å²) in [5, 5.41) is 11.8. The van der Waals surface area contributed by atoms with Crippen molar-refractivity contribution in [3.8, 4) is 0 Å². The number of benzene rings is 2. The highest BCUT2D eigenvalue weighted by molar-refractivity contribution is 6.36. The number of carbonyl (C=O) groups is 1. The topological polar surface area (TPSA) is 75.8 Å². The largest absolute Gasteiger partial charge is 0.307 e. The van der Waals surface area contributed by atoms with Crippen molar-refractivity contribution >= 4 is 34.6 Å². The normalized spacial score (nSPS) is 15.1. The van der Waals surface area contributed by atoms with Gasteiger partial charge < -0.3 is 4.90 Å². The fourth-order valence-corrected chi connectivity index (χ4v) is 3.25. The van der Waals surface area contributed by atoms with Crippen molar-refractivity contribution in [1.82, 2.24) is 0 Å². The molecule has 0 bridgehead atoms. The minimum absolute atomic E-state index is 0.0344. The molecule has 26 heavy (non-hydrogen) atoms. The van der Waals surface area contributed by atoms with Crippen LogP contribution in [0.15, 0.2) is 47.5 Å². The number of rotatable bonds is 4. The first-order valence-electron chi connectivity index (χ1n) is 8.34. The van der Waals surface area contributed by atoms with E-state index >= 15 is 0 Å². The summed E-state index contributed by atoms with van der Waals surface area (Å²) >= 11 is 6.33. The SMILES string of the molecule is CCC(C)N1C(=O)CN=C(c2ccccc2Cl)c2cc([N+](=O)[O-])ccc21. The molecule has 1 amide bonds. The Morgan fingerprint density at radius 1 is 1.27 bits per heavy atom. The van der Waals surface area contributed by atoms with Gasteiger partial charge in [0.1, 0.15) is 6.54 Å². The van der Waals surface area contributed by atoms with Crippen LogP contribution in [-0.2, 0) is 4.79 Å². The predicted molar refractivity (Wildman–Crippen MR) is 102 cm³/mol. The van der Waals surface area contributed by atoms with Gasteiger partial charge in [0.15, 0.2) is 0 Å². The molecule has 1 aliphatic heterocycles. The zero-order valence-corrected chi connectivity index (χ0v) is 15.2. The van der Waals surface area contributed by atoms with E-state index in [0.717, 1.165) is 6.42 Å². The van der Waals surface area contributed by atoms with Crippen molar-refractivity contribution in [3.05, 3.63) is 68.7 Å². The van der Waals surface area contributed by atoms with Crippen LogP contribution in [0.4, 0.5) is 11.4 Å². The number of anilines is 1. The van der Waals surface area contributed by atoms with E-state index in [-0.39, 0.29) is 24.2 Å². The first-order valence-corrected chi connectivity index (χ1v) is 8.72. The third-order valence-corrected chi connectivity index (χ3v) is 4.84. The lowest BCUT2D eigenvalue weighted by molar-refractivity contribution is -0.384. The lowest BCUT2D eigenvalue weighted by Crippen LogP contribution is -2.39. The fourth-order valence-electron chi connectivity index (χ4n) is 3.03. The number of amides is 1. The van der Waals surface area contributed by atoms with Gasteiger partial charge in [-0.2, -0.15) is 0 Å². The van der Waals surface area contributed by atoms with Crippen molar-refractivity contribution in [1.29, 1.82) is 0 Å². The molecule has 134 valence electrons. The second kappa shape index (κ2) is 7.25. The van der Waals surface area contributed by atoms with Gasteiger partial charge in [0.05, 0.1) is 16.3 Å². The molecule has 1 heterocycles. The molecule has 0 saturated carbocycles. The van der Waals surface area contributed by atoms with Crippen molar-refractivity contribution in [2.75, 3.05) is 11.4 Å². The van der Waals surface area contributed by atoms with E-state index < -0.39 is 4.92 Å². The highest BCUT2D eigenvalue weighted by Gasteiger charge is 2.30. The number of benzodiazepines with no additional fused rings is 1. The maximum atomic E-state index is 12.7. The molecule has 3 rings (SSSR count). The highest BCUT2D eigenvalue weighted by Crippen LogP contribution is 2.33. The van der Waals surface area contributed by atoms with Gasteiger partial charge in [-0.3, -0.25) is 19.9 Å². The Labute approximate surface area is 156 Å². The average molecular weight is 372 g/mol. The Kier molecular flexibility index (Phi) is 5.04. The summed E-state index contributed by atoms with van der Waals surface area (Å²) in [5.74, 6) is -0.142. The van der Waals surface area contributed by atoms with Crippen LogP contribution in [-0.4, -0.2) is 29.1 Å². The molecular formula is C19H18ClN3O3. The lowest BCUT2D eigenvalue weighted by atomic mass is 9.98. The summed E-state index contributed by atoms with van der Waals surface area (Å²) in [4.78, 5) is 29.7. The van der Waals surface area contributed by atoms with Gasteiger partial charge in [-0.1, -0.05) is 36.7 Å². The Hall–Kier alpha value is -2.73. The fraction of sp³-hybridized carbons (Fsp3) is 0.263. The van der Waals surface area contributed by atoms with Crippen LogP contribution in [0.2, 0.25) is 5.02 Å². The lowest BCUT2D eigenvalue weighted by Gasteiger charge is -2.28. The third-order valence-electron chi connectivity index (χ3n) is 4.51. The number of fused-ring (bicyclic) bond motifs is 1. The molecule has 0 fully saturated rings. The van der Waals surface area contributed by atoms with E-state index in [1.807, 2.05) is 19.9 Å². The van der Waals surface area contributed by atoms with Gasteiger partial charge in [0, 0.05) is 34.3 Å². The molecule has 1 atom stereocenters. The van der Waals surface area contributed by atoms with Crippen LogP contribution >= 0.6 is 11.6 Å². The zero-order valence-electron chi connectivity index (χ0n) is 14.5. The number of hydrogen-bond donors (Lipinski definition) is 0. The number of halogens is 1. The molecule has 1 aliphatic rings. The maximum absolute atomic E-state index is 12.7. The van der Waals surface area contributed by atoms with Crippen LogP contribution in [0, 0.1) is 10.1 Å². The molecule has 7 heteroatoms. The quantitative estimate of drug-likeness (QED) is 0.596. The Balaban J connectivity index is 2.27.